The molecule has 1 fully saturated rings. The third kappa shape index (κ3) is 4.91. The second-order valence-electron chi connectivity index (χ2n) is 5.00. The van der Waals surface area contributed by atoms with E-state index in [4.69, 9.17) is 14.6 Å². The van der Waals surface area contributed by atoms with Crippen molar-refractivity contribution in [3.8, 4) is 0 Å². The molecule has 0 aromatic rings. The highest BCUT2D eigenvalue weighted by Crippen LogP contribution is 2.21. The molecule has 0 aromatic heterocycles. The average molecular weight is 259 g/mol. The summed E-state index contributed by atoms with van der Waals surface area (Å²) in [7, 11) is 1.46. The molecule has 0 spiro atoms. The molecule has 1 rings (SSSR count). The zero-order valence-corrected chi connectivity index (χ0v) is 10.9. The Kier molecular flexibility index (Phi) is 5.40. The Bertz CT molecular complexity index is 301. The molecule has 0 aromatic carbocycles. The molecule has 104 valence electrons. The van der Waals surface area contributed by atoms with Gasteiger partial charge in [-0.2, -0.15) is 0 Å². The summed E-state index contributed by atoms with van der Waals surface area (Å²) in [6.07, 6.45) is 3.09. The molecule has 0 heterocycles. The molecular weight excluding hydrogens is 238 g/mol. The Morgan fingerprint density at radius 1 is 1.39 bits per heavy atom. The van der Waals surface area contributed by atoms with Crippen molar-refractivity contribution in [3.05, 3.63) is 0 Å². The Labute approximate surface area is 107 Å². The highest BCUT2D eigenvalue weighted by atomic mass is 16.6. The number of carboxylic acid groups (broad SMARTS) is 1. The van der Waals surface area contributed by atoms with Crippen LogP contribution in [0.3, 0.4) is 0 Å². The molecule has 1 saturated carbocycles. The molecule has 0 bridgehead atoms. The number of carbonyl (C=O) groups is 2. The van der Waals surface area contributed by atoms with E-state index >= 15 is 0 Å². The van der Waals surface area contributed by atoms with Crippen molar-refractivity contribution < 1.29 is 24.2 Å². The van der Waals surface area contributed by atoms with E-state index in [2.05, 4.69) is 5.32 Å². The molecule has 1 atom stereocenters. The molecule has 0 saturated heterocycles. The van der Waals surface area contributed by atoms with Gasteiger partial charge in [-0.05, 0) is 32.6 Å². The standard InChI is InChI=1S/C12H21NO5/c1-12(8-17-2,7-10(14)15)13-11(16)18-9-5-3-4-6-9/h9H,3-8H2,1-2H3,(H,13,16)(H,14,15). The van der Waals surface area contributed by atoms with Crippen molar-refractivity contribution in [1.82, 2.24) is 5.32 Å². The van der Waals surface area contributed by atoms with E-state index in [0.717, 1.165) is 25.7 Å². The van der Waals surface area contributed by atoms with Gasteiger partial charge in [-0.25, -0.2) is 4.79 Å². The van der Waals surface area contributed by atoms with Crippen LogP contribution in [0.2, 0.25) is 0 Å². The Morgan fingerprint density at radius 2 is 2.00 bits per heavy atom. The van der Waals surface area contributed by atoms with Crippen LogP contribution in [-0.2, 0) is 14.3 Å². The number of methoxy groups -OCH3 is 1. The van der Waals surface area contributed by atoms with Crippen molar-refractivity contribution in [1.29, 1.82) is 0 Å². The first-order valence-corrected chi connectivity index (χ1v) is 6.15. The topological polar surface area (TPSA) is 84.9 Å². The van der Waals surface area contributed by atoms with E-state index < -0.39 is 17.6 Å². The summed E-state index contributed by atoms with van der Waals surface area (Å²) in [6, 6.07) is 0. The van der Waals surface area contributed by atoms with Crippen LogP contribution >= 0.6 is 0 Å². The minimum Gasteiger partial charge on any atom is -0.481 e. The maximum absolute atomic E-state index is 11.7. The largest absolute Gasteiger partial charge is 0.481 e. The maximum Gasteiger partial charge on any atom is 0.407 e. The molecule has 6 nitrogen and oxygen atoms in total. The minimum atomic E-state index is -0.990. The fourth-order valence-electron chi connectivity index (χ4n) is 2.22. The predicted octanol–water partition coefficient (Wildman–Crippen LogP) is 1.53. The van der Waals surface area contributed by atoms with Gasteiger partial charge in [0.1, 0.15) is 6.10 Å². The number of ether oxygens (including phenoxy) is 2. The van der Waals surface area contributed by atoms with Gasteiger partial charge in [-0.3, -0.25) is 4.79 Å². The van der Waals surface area contributed by atoms with Gasteiger partial charge in [0.25, 0.3) is 0 Å². The van der Waals surface area contributed by atoms with Crippen molar-refractivity contribution in [2.75, 3.05) is 13.7 Å². The van der Waals surface area contributed by atoms with Crippen LogP contribution in [0.5, 0.6) is 0 Å². The van der Waals surface area contributed by atoms with Crippen LogP contribution in [0.25, 0.3) is 0 Å². The fraction of sp³-hybridized carbons (Fsp3) is 0.833. The molecule has 1 aliphatic rings. The molecule has 1 amide bonds. The van der Waals surface area contributed by atoms with Crippen molar-refractivity contribution in [2.24, 2.45) is 0 Å². The van der Waals surface area contributed by atoms with E-state index in [1.165, 1.54) is 7.11 Å². The zero-order valence-electron chi connectivity index (χ0n) is 10.9. The number of amides is 1. The Balaban J connectivity index is 2.48. The first-order chi connectivity index (χ1) is 8.45. The lowest BCUT2D eigenvalue weighted by atomic mass is 9.99. The smallest absolute Gasteiger partial charge is 0.407 e. The van der Waals surface area contributed by atoms with E-state index in [1.807, 2.05) is 0 Å². The average Bonchev–Trinajstić information content (AvgIpc) is 2.67. The van der Waals surface area contributed by atoms with Crippen LogP contribution in [0.1, 0.15) is 39.0 Å². The molecule has 0 radical (unpaired) electrons. The van der Waals surface area contributed by atoms with Crippen molar-refractivity contribution in [2.45, 2.75) is 50.7 Å². The van der Waals surface area contributed by atoms with Gasteiger partial charge in [0.2, 0.25) is 0 Å². The lowest BCUT2D eigenvalue weighted by molar-refractivity contribution is -0.139. The van der Waals surface area contributed by atoms with Gasteiger partial charge < -0.3 is 19.9 Å². The van der Waals surface area contributed by atoms with Crippen LogP contribution < -0.4 is 5.32 Å². The summed E-state index contributed by atoms with van der Waals surface area (Å²) in [5.74, 6) is -0.990. The van der Waals surface area contributed by atoms with Gasteiger partial charge in [0.15, 0.2) is 0 Å². The van der Waals surface area contributed by atoms with Gasteiger partial charge in [-0.1, -0.05) is 0 Å². The summed E-state index contributed by atoms with van der Waals surface area (Å²) < 4.78 is 10.2. The van der Waals surface area contributed by atoms with Crippen molar-refractivity contribution in [3.63, 3.8) is 0 Å². The van der Waals surface area contributed by atoms with Crippen LogP contribution in [0.15, 0.2) is 0 Å². The number of nitrogens with one attached hydrogen (secondary N) is 1. The SMILES string of the molecule is COCC(C)(CC(=O)O)NC(=O)OC1CCCC1. The lowest BCUT2D eigenvalue weighted by Crippen LogP contribution is -2.51. The summed E-state index contributed by atoms with van der Waals surface area (Å²) in [5, 5.41) is 11.4. The summed E-state index contributed by atoms with van der Waals surface area (Å²) in [4.78, 5) is 22.5. The maximum atomic E-state index is 11.7. The van der Waals surface area contributed by atoms with Gasteiger partial charge in [0.05, 0.1) is 18.6 Å². The first-order valence-electron chi connectivity index (χ1n) is 6.15. The Morgan fingerprint density at radius 3 is 2.50 bits per heavy atom. The van der Waals surface area contributed by atoms with E-state index in [1.54, 1.807) is 6.92 Å². The second-order valence-corrected chi connectivity index (χ2v) is 5.00. The number of carboxylic acids is 1. The molecule has 1 aliphatic carbocycles. The number of alkyl carbamates (subject to hydrolysis) is 1. The number of carbonyl (C=O) groups excluding carboxylic acids is 1. The van der Waals surface area contributed by atoms with Crippen LogP contribution in [0.4, 0.5) is 4.79 Å². The molecule has 1 unspecified atom stereocenters. The van der Waals surface area contributed by atoms with Crippen LogP contribution in [-0.4, -0.2) is 42.5 Å². The highest BCUT2D eigenvalue weighted by Gasteiger charge is 2.31. The number of hydrogen-bond donors (Lipinski definition) is 2. The third-order valence-corrected chi connectivity index (χ3v) is 2.98. The van der Waals surface area contributed by atoms with Crippen LogP contribution in [0, 0.1) is 0 Å². The number of rotatable bonds is 6. The summed E-state index contributed by atoms with van der Waals surface area (Å²) >= 11 is 0. The molecule has 6 heteroatoms. The summed E-state index contributed by atoms with van der Waals surface area (Å²) in [6.45, 7) is 1.75. The fourth-order valence-corrected chi connectivity index (χ4v) is 2.22. The molecular formula is C12H21NO5. The third-order valence-electron chi connectivity index (χ3n) is 2.98. The number of hydrogen-bond acceptors (Lipinski definition) is 4. The van der Waals surface area contributed by atoms with Gasteiger partial charge in [-0.15, -0.1) is 0 Å². The molecule has 2 N–H and O–H groups in total. The van der Waals surface area contributed by atoms with Gasteiger partial charge in [0, 0.05) is 7.11 Å². The quantitative estimate of drug-likeness (QED) is 0.755. The lowest BCUT2D eigenvalue weighted by Gasteiger charge is -2.28. The van der Waals surface area contributed by atoms with Crippen molar-refractivity contribution >= 4 is 12.1 Å². The predicted molar refractivity (Wildman–Crippen MR) is 64.4 cm³/mol. The highest BCUT2D eigenvalue weighted by molar-refractivity contribution is 5.72. The number of aliphatic carboxylic acids is 1. The monoisotopic (exact) mass is 259 g/mol. The Hall–Kier alpha value is -1.30. The van der Waals surface area contributed by atoms with E-state index in [0.29, 0.717) is 0 Å². The normalized spacial score (nSPS) is 19.2. The van der Waals surface area contributed by atoms with Gasteiger partial charge >= 0.3 is 12.1 Å². The first kappa shape index (κ1) is 14.8. The minimum absolute atomic E-state index is 0.0402. The summed E-state index contributed by atoms with van der Waals surface area (Å²) in [5.41, 5.74) is -0.948. The van der Waals surface area contributed by atoms with E-state index in [-0.39, 0.29) is 19.1 Å². The molecule has 18 heavy (non-hydrogen) atoms. The second kappa shape index (κ2) is 6.58. The van der Waals surface area contributed by atoms with E-state index in [9.17, 15) is 9.59 Å². The zero-order chi connectivity index (χ0) is 13.6. The molecule has 0 aliphatic heterocycles.